The molecule has 0 aliphatic rings. The minimum atomic E-state index is -0.851. The number of aromatic carboxylic acids is 1. The number of carboxylic acids is 1. The SMILES string of the molecule is CCCCn1c(C)c(C(C)C)c2cc(C(=O)O)cc(C(C)(C)C)c21. The minimum Gasteiger partial charge on any atom is -0.478 e. The molecule has 0 radical (unpaired) electrons. The number of rotatable bonds is 5. The van der Waals surface area contributed by atoms with Crippen molar-refractivity contribution in [1.29, 1.82) is 0 Å². The maximum absolute atomic E-state index is 11.7. The minimum absolute atomic E-state index is 0.104. The second kappa shape index (κ2) is 6.62. The van der Waals surface area contributed by atoms with E-state index in [2.05, 4.69) is 53.0 Å². The van der Waals surface area contributed by atoms with Crippen LogP contribution in [-0.4, -0.2) is 15.6 Å². The summed E-state index contributed by atoms with van der Waals surface area (Å²) in [6.45, 7) is 16.2. The highest BCUT2D eigenvalue weighted by Gasteiger charge is 2.26. The quantitative estimate of drug-likeness (QED) is 0.745. The summed E-state index contributed by atoms with van der Waals surface area (Å²) in [4.78, 5) is 11.7. The number of aryl methyl sites for hydroxylation is 1. The fourth-order valence-corrected chi connectivity index (χ4v) is 3.66. The highest BCUT2D eigenvalue weighted by Crippen LogP contribution is 2.39. The summed E-state index contributed by atoms with van der Waals surface area (Å²) >= 11 is 0. The second-order valence-electron chi connectivity index (χ2n) is 8.13. The summed E-state index contributed by atoms with van der Waals surface area (Å²) in [7, 11) is 0. The van der Waals surface area contributed by atoms with Gasteiger partial charge in [0.2, 0.25) is 0 Å². The molecule has 2 rings (SSSR count). The van der Waals surface area contributed by atoms with Crippen LogP contribution >= 0.6 is 0 Å². The molecule has 0 amide bonds. The van der Waals surface area contributed by atoms with Gasteiger partial charge in [-0.15, -0.1) is 0 Å². The Morgan fingerprint density at radius 2 is 1.88 bits per heavy atom. The van der Waals surface area contributed by atoms with E-state index in [0.29, 0.717) is 11.5 Å². The van der Waals surface area contributed by atoms with E-state index < -0.39 is 5.97 Å². The van der Waals surface area contributed by atoms with Gasteiger partial charge in [0.25, 0.3) is 0 Å². The molecule has 0 aliphatic carbocycles. The Kier molecular flexibility index (Phi) is 5.12. The maximum Gasteiger partial charge on any atom is 0.335 e. The number of benzene rings is 1. The summed E-state index contributed by atoms with van der Waals surface area (Å²) < 4.78 is 2.42. The zero-order chi connectivity index (χ0) is 18.2. The zero-order valence-corrected chi connectivity index (χ0v) is 16.2. The van der Waals surface area contributed by atoms with E-state index in [-0.39, 0.29) is 5.41 Å². The molecule has 0 unspecified atom stereocenters. The summed E-state index contributed by atoms with van der Waals surface area (Å²) in [5, 5.41) is 10.7. The van der Waals surface area contributed by atoms with Gasteiger partial charge in [-0.05, 0) is 47.9 Å². The number of unbranched alkanes of at least 4 members (excludes halogenated alkanes) is 1. The van der Waals surface area contributed by atoms with Crippen molar-refractivity contribution in [3.05, 3.63) is 34.5 Å². The van der Waals surface area contributed by atoms with Crippen LogP contribution in [0.1, 0.15) is 87.5 Å². The molecule has 1 heterocycles. The van der Waals surface area contributed by atoms with Gasteiger partial charge in [0.05, 0.1) is 11.1 Å². The van der Waals surface area contributed by atoms with Gasteiger partial charge in [-0.3, -0.25) is 0 Å². The number of hydrogen-bond donors (Lipinski definition) is 1. The van der Waals surface area contributed by atoms with E-state index in [1.165, 1.54) is 16.8 Å². The topological polar surface area (TPSA) is 42.2 Å². The molecule has 0 spiro atoms. The Morgan fingerprint density at radius 3 is 2.33 bits per heavy atom. The van der Waals surface area contributed by atoms with E-state index in [0.717, 1.165) is 30.3 Å². The lowest BCUT2D eigenvalue weighted by Gasteiger charge is -2.23. The van der Waals surface area contributed by atoms with E-state index in [9.17, 15) is 9.90 Å². The fraction of sp³-hybridized carbons (Fsp3) is 0.571. The molecule has 1 aromatic heterocycles. The molecule has 0 fully saturated rings. The van der Waals surface area contributed by atoms with Gasteiger partial charge >= 0.3 is 5.97 Å². The van der Waals surface area contributed by atoms with Crippen LogP contribution in [0.5, 0.6) is 0 Å². The van der Waals surface area contributed by atoms with Gasteiger partial charge in [-0.1, -0.05) is 48.0 Å². The van der Waals surface area contributed by atoms with Crippen LogP contribution in [0.25, 0.3) is 10.9 Å². The lowest BCUT2D eigenvalue weighted by molar-refractivity contribution is 0.0697. The lowest BCUT2D eigenvalue weighted by atomic mass is 9.83. The first-order valence-electron chi connectivity index (χ1n) is 9.00. The fourth-order valence-electron chi connectivity index (χ4n) is 3.66. The van der Waals surface area contributed by atoms with Gasteiger partial charge in [0.15, 0.2) is 0 Å². The molecule has 0 bridgehead atoms. The largest absolute Gasteiger partial charge is 0.478 e. The summed E-state index contributed by atoms with van der Waals surface area (Å²) in [5.74, 6) is -0.483. The van der Waals surface area contributed by atoms with Crippen LogP contribution in [0.3, 0.4) is 0 Å². The third-order valence-corrected chi connectivity index (χ3v) is 4.83. The van der Waals surface area contributed by atoms with Gasteiger partial charge < -0.3 is 9.67 Å². The van der Waals surface area contributed by atoms with Crippen molar-refractivity contribution in [3.8, 4) is 0 Å². The zero-order valence-electron chi connectivity index (χ0n) is 16.2. The van der Waals surface area contributed by atoms with Crippen molar-refractivity contribution >= 4 is 16.9 Å². The molecule has 3 nitrogen and oxygen atoms in total. The molecule has 0 saturated carbocycles. The predicted octanol–water partition coefficient (Wildman–Crippen LogP) is 5.87. The molecule has 1 N–H and O–H groups in total. The number of carboxylic acid groups (broad SMARTS) is 1. The Hall–Kier alpha value is -1.77. The average molecular weight is 329 g/mol. The third-order valence-electron chi connectivity index (χ3n) is 4.83. The van der Waals surface area contributed by atoms with Crippen LogP contribution in [-0.2, 0) is 12.0 Å². The van der Waals surface area contributed by atoms with Gasteiger partial charge in [0.1, 0.15) is 0 Å². The molecule has 3 heteroatoms. The number of hydrogen-bond acceptors (Lipinski definition) is 1. The highest BCUT2D eigenvalue weighted by atomic mass is 16.4. The first kappa shape index (κ1) is 18.6. The Labute approximate surface area is 145 Å². The predicted molar refractivity (Wildman–Crippen MR) is 101 cm³/mol. The van der Waals surface area contributed by atoms with Crippen molar-refractivity contribution < 1.29 is 9.90 Å². The molecular weight excluding hydrogens is 298 g/mol. The Morgan fingerprint density at radius 1 is 1.25 bits per heavy atom. The van der Waals surface area contributed by atoms with Crippen LogP contribution in [0.2, 0.25) is 0 Å². The third kappa shape index (κ3) is 3.22. The summed E-state index contributed by atoms with van der Waals surface area (Å²) in [6.07, 6.45) is 2.28. The van der Waals surface area contributed by atoms with Gasteiger partial charge in [-0.25, -0.2) is 4.79 Å². The van der Waals surface area contributed by atoms with Crippen molar-refractivity contribution in [2.45, 2.75) is 79.2 Å². The van der Waals surface area contributed by atoms with Crippen molar-refractivity contribution in [2.24, 2.45) is 0 Å². The number of fused-ring (bicyclic) bond motifs is 1. The van der Waals surface area contributed by atoms with E-state index >= 15 is 0 Å². The molecule has 132 valence electrons. The molecule has 0 aliphatic heterocycles. The number of nitrogens with zero attached hydrogens (tertiary/aromatic N) is 1. The normalized spacial score (nSPS) is 12.3. The van der Waals surface area contributed by atoms with Crippen LogP contribution in [0, 0.1) is 6.92 Å². The highest BCUT2D eigenvalue weighted by molar-refractivity contribution is 5.98. The van der Waals surface area contributed by atoms with Crippen molar-refractivity contribution in [2.75, 3.05) is 0 Å². The number of aromatic nitrogens is 1. The van der Waals surface area contributed by atoms with Crippen LogP contribution < -0.4 is 0 Å². The first-order chi connectivity index (χ1) is 11.1. The molecule has 0 atom stereocenters. The molecule has 1 aromatic carbocycles. The van der Waals surface area contributed by atoms with E-state index in [1.54, 1.807) is 0 Å². The molecular formula is C21H31NO2. The van der Waals surface area contributed by atoms with E-state index in [1.807, 2.05) is 12.1 Å². The van der Waals surface area contributed by atoms with E-state index in [4.69, 9.17) is 0 Å². The first-order valence-corrected chi connectivity index (χ1v) is 9.00. The van der Waals surface area contributed by atoms with Gasteiger partial charge in [0, 0.05) is 17.6 Å². The number of carbonyl (C=O) groups is 1. The molecule has 24 heavy (non-hydrogen) atoms. The monoisotopic (exact) mass is 329 g/mol. The standard InChI is InChI=1S/C21H31NO2/c1-8-9-10-22-14(4)18(13(2)3)16-11-15(20(23)24)12-17(19(16)22)21(5,6)7/h11-13H,8-10H2,1-7H3,(H,23,24). The lowest BCUT2D eigenvalue weighted by Crippen LogP contribution is -2.15. The summed E-state index contributed by atoms with van der Waals surface area (Å²) in [6, 6.07) is 3.74. The Bertz CT molecular complexity index is 760. The maximum atomic E-state index is 11.7. The summed E-state index contributed by atoms with van der Waals surface area (Å²) in [5.41, 5.74) is 5.20. The van der Waals surface area contributed by atoms with Gasteiger partial charge in [-0.2, -0.15) is 0 Å². The van der Waals surface area contributed by atoms with Crippen LogP contribution in [0.15, 0.2) is 12.1 Å². The van der Waals surface area contributed by atoms with Crippen LogP contribution in [0.4, 0.5) is 0 Å². The second-order valence-corrected chi connectivity index (χ2v) is 8.13. The average Bonchev–Trinajstić information content (AvgIpc) is 2.74. The molecule has 2 aromatic rings. The van der Waals surface area contributed by atoms with Crippen molar-refractivity contribution in [3.63, 3.8) is 0 Å². The Balaban J connectivity index is 2.96. The smallest absolute Gasteiger partial charge is 0.335 e. The molecule has 0 saturated heterocycles. The van der Waals surface area contributed by atoms with Crippen molar-refractivity contribution in [1.82, 2.24) is 4.57 Å².